The van der Waals surface area contributed by atoms with Gasteiger partial charge in [0.05, 0.1) is 10.2 Å². The zero-order valence-electron chi connectivity index (χ0n) is 11.0. The van der Waals surface area contributed by atoms with Crippen LogP contribution in [0.1, 0.15) is 5.56 Å². The third-order valence-electron chi connectivity index (χ3n) is 3.07. The van der Waals surface area contributed by atoms with Crippen molar-refractivity contribution in [3.05, 3.63) is 35.5 Å². The van der Waals surface area contributed by atoms with E-state index in [9.17, 15) is 0 Å². The number of aromatic nitrogens is 3. The topological polar surface area (TPSA) is 77.8 Å². The van der Waals surface area contributed by atoms with Gasteiger partial charge in [-0.1, -0.05) is 0 Å². The van der Waals surface area contributed by atoms with Gasteiger partial charge in [0.1, 0.15) is 16.9 Å². The Hall–Kier alpha value is -2.12. The van der Waals surface area contributed by atoms with Crippen molar-refractivity contribution in [2.24, 2.45) is 0 Å². The van der Waals surface area contributed by atoms with Crippen molar-refractivity contribution in [3.8, 4) is 0 Å². The number of nitrogens with zero attached hydrogens (tertiary/aromatic N) is 3. The van der Waals surface area contributed by atoms with E-state index in [0.717, 1.165) is 31.9 Å². The second kappa shape index (κ2) is 4.71. The van der Waals surface area contributed by atoms with Crippen LogP contribution in [0, 0.1) is 6.92 Å². The van der Waals surface area contributed by atoms with E-state index < -0.39 is 0 Å². The summed E-state index contributed by atoms with van der Waals surface area (Å²) >= 11 is 3.04. The number of thiophene rings is 1. The monoisotopic (exact) mass is 314 g/mol. The van der Waals surface area contributed by atoms with Crippen molar-refractivity contribution < 1.29 is 4.42 Å². The van der Waals surface area contributed by atoms with Crippen LogP contribution >= 0.6 is 23.1 Å². The molecule has 7 heteroatoms. The second-order valence-electron chi connectivity index (χ2n) is 4.58. The predicted molar refractivity (Wildman–Crippen MR) is 84.7 cm³/mol. The molecule has 3 heterocycles. The Balaban J connectivity index is 1.79. The van der Waals surface area contributed by atoms with Gasteiger partial charge >= 0.3 is 0 Å². The average Bonchev–Trinajstić information content (AvgIpc) is 3.03. The maximum atomic E-state index is 5.76. The fraction of sp³-hybridized carbons (Fsp3) is 0.0714. The maximum Gasteiger partial charge on any atom is 0.263 e. The predicted octanol–water partition coefficient (Wildman–Crippen LogP) is 3.87. The minimum atomic E-state index is 0.557. The fourth-order valence-electron chi connectivity index (χ4n) is 2.07. The van der Waals surface area contributed by atoms with Crippen molar-refractivity contribution in [3.63, 3.8) is 0 Å². The molecule has 4 aromatic rings. The number of aryl methyl sites for hydroxylation is 1. The number of hydrogen-bond acceptors (Lipinski definition) is 7. The Morgan fingerprint density at radius 3 is 3.10 bits per heavy atom. The summed E-state index contributed by atoms with van der Waals surface area (Å²) in [5.74, 6) is 0. The molecular weight excluding hydrogens is 304 g/mol. The molecule has 5 nitrogen and oxygen atoms in total. The van der Waals surface area contributed by atoms with Gasteiger partial charge in [-0.3, -0.25) is 0 Å². The van der Waals surface area contributed by atoms with Gasteiger partial charge in [0.2, 0.25) is 0 Å². The van der Waals surface area contributed by atoms with Crippen LogP contribution in [0.25, 0.3) is 21.3 Å². The highest BCUT2D eigenvalue weighted by Gasteiger charge is 2.13. The van der Waals surface area contributed by atoms with Crippen LogP contribution in [0.3, 0.4) is 0 Å². The standard InChI is InChI=1S/C14H10N4OS2/c1-7-5-20-12-11(7)16-6-17-13(12)21-14-18-9-4-8(15)2-3-10(9)19-14/h2-6H,15H2,1H3. The van der Waals surface area contributed by atoms with Gasteiger partial charge in [-0.15, -0.1) is 11.3 Å². The zero-order chi connectivity index (χ0) is 14.4. The molecule has 0 saturated heterocycles. The van der Waals surface area contributed by atoms with Gasteiger partial charge in [0.15, 0.2) is 5.58 Å². The first kappa shape index (κ1) is 12.6. The number of hydrogen-bond donors (Lipinski definition) is 1. The summed E-state index contributed by atoms with van der Waals surface area (Å²) in [5.41, 5.74) is 10.0. The van der Waals surface area contributed by atoms with Gasteiger partial charge in [0, 0.05) is 5.69 Å². The van der Waals surface area contributed by atoms with Gasteiger partial charge in [-0.05, 0) is 47.8 Å². The third-order valence-corrected chi connectivity index (χ3v) is 5.15. The van der Waals surface area contributed by atoms with Crippen molar-refractivity contribution in [1.82, 2.24) is 15.0 Å². The molecular formula is C14H10N4OS2. The normalized spacial score (nSPS) is 11.5. The van der Waals surface area contributed by atoms with Gasteiger partial charge in [-0.2, -0.15) is 0 Å². The van der Waals surface area contributed by atoms with Crippen LogP contribution in [0.4, 0.5) is 5.69 Å². The Labute approximate surface area is 128 Å². The Kier molecular flexibility index (Phi) is 2.83. The van der Waals surface area contributed by atoms with Crippen LogP contribution < -0.4 is 5.73 Å². The van der Waals surface area contributed by atoms with Crippen LogP contribution in [-0.2, 0) is 0 Å². The van der Waals surface area contributed by atoms with Crippen LogP contribution in [0.2, 0.25) is 0 Å². The maximum absolute atomic E-state index is 5.76. The Morgan fingerprint density at radius 1 is 1.29 bits per heavy atom. The fourth-order valence-corrected chi connectivity index (χ4v) is 3.95. The lowest BCUT2D eigenvalue weighted by Gasteiger charge is -1.97. The highest BCUT2D eigenvalue weighted by atomic mass is 32.2. The molecule has 0 aliphatic heterocycles. The molecule has 1 aromatic carbocycles. The molecule has 0 bridgehead atoms. The second-order valence-corrected chi connectivity index (χ2v) is 6.40. The first-order valence-corrected chi connectivity index (χ1v) is 7.93. The molecule has 2 N–H and O–H groups in total. The smallest absolute Gasteiger partial charge is 0.263 e. The summed E-state index contributed by atoms with van der Waals surface area (Å²) in [7, 11) is 0. The number of nitrogens with two attached hydrogens (primary N) is 1. The highest BCUT2D eigenvalue weighted by molar-refractivity contribution is 7.99. The molecule has 0 amide bonds. The minimum Gasteiger partial charge on any atom is -0.431 e. The SMILES string of the molecule is Cc1csc2c(Sc3nc4cc(N)ccc4o3)ncnc12. The molecule has 0 radical (unpaired) electrons. The van der Waals surface area contributed by atoms with E-state index in [1.807, 2.05) is 13.0 Å². The molecule has 21 heavy (non-hydrogen) atoms. The third kappa shape index (κ3) is 2.14. The molecule has 0 atom stereocenters. The molecule has 0 aliphatic rings. The summed E-state index contributed by atoms with van der Waals surface area (Å²) in [6.45, 7) is 2.04. The van der Waals surface area contributed by atoms with E-state index in [1.54, 1.807) is 29.8 Å². The number of oxazole rings is 1. The lowest BCUT2D eigenvalue weighted by Crippen LogP contribution is -1.84. The number of anilines is 1. The van der Waals surface area contributed by atoms with Crippen molar-refractivity contribution >= 4 is 50.1 Å². The van der Waals surface area contributed by atoms with E-state index in [-0.39, 0.29) is 0 Å². The summed E-state index contributed by atoms with van der Waals surface area (Å²) in [4.78, 5) is 13.1. The van der Waals surface area contributed by atoms with E-state index in [1.165, 1.54) is 11.8 Å². The van der Waals surface area contributed by atoms with E-state index in [0.29, 0.717) is 10.9 Å². The molecule has 0 aliphatic carbocycles. The van der Waals surface area contributed by atoms with Crippen molar-refractivity contribution in [2.75, 3.05) is 5.73 Å². The van der Waals surface area contributed by atoms with E-state index in [2.05, 4.69) is 20.3 Å². The molecule has 0 fully saturated rings. The Bertz CT molecular complexity index is 960. The largest absolute Gasteiger partial charge is 0.431 e. The summed E-state index contributed by atoms with van der Waals surface area (Å²) in [6, 6.07) is 5.42. The van der Waals surface area contributed by atoms with E-state index >= 15 is 0 Å². The van der Waals surface area contributed by atoms with Crippen LogP contribution in [0.15, 0.2) is 44.6 Å². The van der Waals surface area contributed by atoms with Crippen molar-refractivity contribution in [2.45, 2.75) is 17.2 Å². The zero-order valence-corrected chi connectivity index (χ0v) is 12.7. The number of benzene rings is 1. The highest BCUT2D eigenvalue weighted by Crippen LogP contribution is 2.36. The van der Waals surface area contributed by atoms with Gasteiger partial charge in [-0.25, -0.2) is 15.0 Å². The first-order valence-electron chi connectivity index (χ1n) is 6.23. The Morgan fingerprint density at radius 2 is 2.19 bits per heavy atom. The van der Waals surface area contributed by atoms with Gasteiger partial charge < -0.3 is 10.2 Å². The van der Waals surface area contributed by atoms with Gasteiger partial charge in [0.25, 0.3) is 5.22 Å². The molecule has 104 valence electrons. The first-order chi connectivity index (χ1) is 10.2. The summed E-state index contributed by atoms with van der Waals surface area (Å²) in [6.07, 6.45) is 1.57. The molecule has 0 unspecified atom stereocenters. The summed E-state index contributed by atoms with van der Waals surface area (Å²) < 4.78 is 6.78. The molecule has 0 spiro atoms. The number of nitrogen functional groups attached to an aromatic ring is 1. The quantitative estimate of drug-likeness (QED) is 0.447. The number of rotatable bonds is 2. The van der Waals surface area contributed by atoms with Crippen molar-refractivity contribution in [1.29, 1.82) is 0 Å². The van der Waals surface area contributed by atoms with Crippen LogP contribution in [-0.4, -0.2) is 15.0 Å². The minimum absolute atomic E-state index is 0.557. The average molecular weight is 314 g/mol. The molecule has 0 saturated carbocycles. The lowest BCUT2D eigenvalue weighted by molar-refractivity contribution is 0.489. The number of fused-ring (bicyclic) bond motifs is 2. The van der Waals surface area contributed by atoms with Crippen LogP contribution in [0.5, 0.6) is 0 Å². The molecule has 4 rings (SSSR count). The van der Waals surface area contributed by atoms with E-state index in [4.69, 9.17) is 10.2 Å². The molecule has 3 aromatic heterocycles. The lowest BCUT2D eigenvalue weighted by atomic mass is 10.3. The summed E-state index contributed by atoms with van der Waals surface area (Å²) in [5, 5.41) is 3.50.